The van der Waals surface area contributed by atoms with Gasteiger partial charge in [-0.05, 0) is 66.0 Å². The van der Waals surface area contributed by atoms with Gasteiger partial charge in [0.25, 0.3) is 0 Å². The Morgan fingerprint density at radius 1 is 0.439 bits per heavy atom. The second-order valence-electron chi connectivity index (χ2n) is 11.4. The van der Waals surface area contributed by atoms with E-state index in [1.165, 1.54) is 80.3 Å². The molecule has 0 aliphatic heterocycles. The van der Waals surface area contributed by atoms with E-state index in [9.17, 15) is 0 Å². The zero-order valence-corrected chi connectivity index (χ0v) is 23.7. The van der Waals surface area contributed by atoms with Crippen molar-refractivity contribution in [1.82, 2.24) is 0 Å². The van der Waals surface area contributed by atoms with Gasteiger partial charge in [-0.25, -0.2) is 0 Å². The number of thioether (sulfide) groups is 1. The lowest BCUT2D eigenvalue weighted by Gasteiger charge is -2.14. The third-order valence-corrected chi connectivity index (χ3v) is 9.68. The van der Waals surface area contributed by atoms with Crippen LogP contribution in [0.4, 0.5) is 0 Å². The van der Waals surface area contributed by atoms with Crippen LogP contribution in [0.25, 0.3) is 86.6 Å². The fourth-order valence-corrected chi connectivity index (χ4v) is 7.96. The minimum absolute atomic E-state index is 0.458. The Morgan fingerprint density at radius 2 is 0.951 bits per heavy atom. The van der Waals surface area contributed by atoms with Crippen LogP contribution < -0.4 is 0 Å². The lowest BCUT2D eigenvalue weighted by atomic mass is 9.90. The summed E-state index contributed by atoms with van der Waals surface area (Å²) in [7, 11) is 0. The Kier molecular flexibility index (Phi) is 4.80. The first-order chi connectivity index (χ1) is 20.2. The van der Waals surface area contributed by atoms with Crippen molar-refractivity contribution in [2.45, 2.75) is 24.0 Å². The van der Waals surface area contributed by atoms with Gasteiger partial charge < -0.3 is 4.42 Å². The molecule has 1 aromatic heterocycles. The van der Waals surface area contributed by atoms with Gasteiger partial charge >= 0.3 is 0 Å². The predicted molar refractivity (Wildman–Crippen MR) is 180 cm³/mol. The first-order valence-electron chi connectivity index (χ1n) is 14.3. The van der Waals surface area contributed by atoms with Crippen LogP contribution in [0, 0.1) is 0 Å². The van der Waals surface area contributed by atoms with Crippen LogP contribution in [0.1, 0.15) is 13.8 Å². The number of furan rings is 1. The second-order valence-corrected chi connectivity index (χ2v) is 13.0. The highest BCUT2D eigenvalue weighted by Gasteiger charge is 2.21. The molecule has 0 amide bonds. The molecule has 0 fully saturated rings. The molecule has 1 nitrogen and oxygen atoms in total. The van der Waals surface area contributed by atoms with Gasteiger partial charge in [0.05, 0.1) is 0 Å². The van der Waals surface area contributed by atoms with Crippen LogP contribution in [0.3, 0.4) is 0 Å². The Bertz CT molecular complexity index is 2530. The monoisotopic (exact) mass is 542 g/mol. The summed E-state index contributed by atoms with van der Waals surface area (Å²) in [4.78, 5) is 1.27. The zero-order valence-electron chi connectivity index (χ0n) is 22.9. The molecule has 194 valence electrons. The standard InChI is InChI=1S/C39H26OS/c1-22(2)41-33-21-32-39(37-30(33)19-17-26-14-12-24-8-4-6-10-29(24)35(26)37)38-31(40-32)20-18-27-16-15-25-13-11-23-7-3-5-9-28(23)34(25)36(27)38/h3-22H,1-2H3. The van der Waals surface area contributed by atoms with Gasteiger partial charge in [-0.3, -0.25) is 0 Å². The molecular weight excluding hydrogens is 516 g/mol. The molecule has 0 N–H and O–H groups in total. The summed E-state index contributed by atoms with van der Waals surface area (Å²) in [5.74, 6) is 0. The maximum atomic E-state index is 6.80. The summed E-state index contributed by atoms with van der Waals surface area (Å²) in [5.41, 5.74) is 1.90. The van der Waals surface area contributed by atoms with Crippen LogP contribution >= 0.6 is 11.8 Å². The maximum Gasteiger partial charge on any atom is 0.137 e. The summed E-state index contributed by atoms with van der Waals surface area (Å²) in [6, 6.07) is 42.4. The number of hydrogen-bond donors (Lipinski definition) is 0. The minimum atomic E-state index is 0.458. The Balaban J connectivity index is 1.63. The van der Waals surface area contributed by atoms with E-state index in [0.717, 1.165) is 11.2 Å². The fourth-order valence-electron chi connectivity index (χ4n) is 6.98. The third kappa shape index (κ3) is 3.26. The average Bonchev–Trinajstić information content (AvgIpc) is 3.38. The first-order valence-corrected chi connectivity index (χ1v) is 15.2. The van der Waals surface area contributed by atoms with E-state index in [4.69, 9.17) is 4.42 Å². The minimum Gasteiger partial charge on any atom is -0.456 e. The highest BCUT2D eigenvalue weighted by Crippen LogP contribution is 2.48. The lowest BCUT2D eigenvalue weighted by molar-refractivity contribution is 0.668. The second kappa shape index (κ2) is 8.49. The molecule has 9 aromatic rings. The first kappa shape index (κ1) is 23.2. The summed E-state index contributed by atoms with van der Waals surface area (Å²) < 4.78 is 6.80. The van der Waals surface area contributed by atoms with Crippen molar-refractivity contribution in [3.63, 3.8) is 0 Å². The van der Waals surface area contributed by atoms with Crippen molar-refractivity contribution < 1.29 is 4.42 Å². The SMILES string of the molecule is CC(C)Sc1cc2oc3ccc4ccc5ccc6ccccc6c5c4c3c2c2c1ccc1ccc3ccccc3c12. The zero-order chi connectivity index (χ0) is 27.2. The summed E-state index contributed by atoms with van der Waals surface area (Å²) in [5, 5.41) is 18.2. The molecule has 0 atom stereocenters. The van der Waals surface area contributed by atoms with Gasteiger partial charge in [-0.2, -0.15) is 0 Å². The molecule has 0 aliphatic carbocycles. The molecule has 9 rings (SSSR count). The molecule has 8 aromatic carbocycles. The molecule has 0 saturated heterocycles. The van der Waals surface area contributed by atoms with Crippen molar-refractivity contribution in [2.75, 3.05) is 0 Å². The van der Waals surface area contributed by atoms with E-state index in [2.05, 4.69) is 129 Å². The lowest BCUT2D eigenvalue weighted by Crippen LogP contribution is -1.90. The van der Waals surface area contributed by atoms with Crippen LogP contribution in [0.15, 0.2) is 125 Å². The molecule has 0 spiro atoms. The van der Waals surface area contributed by atoms with Crippen LogP contribution in [-0.2, 0) is 0 Å². The van der Waals surface area contributed by atoms with Crippen molar-refractivity contribution in [1.29, 1.82) is 0 Å². The van der Waals surface area contributed by atoms with Gasteiger partial charge in [-0.1, -0.05) is 117 Å². The van der Waals surface area contributed by atoms with Crippen LogP contribution in [-0.4, -0.2) is 5.25 Å². The molecule has 0 bridgehead atoms. The molecular formula is C39H26OS. The normalized spacial score (nSPS) is 12.5. The molecule has 0 saturated carbocycles. The van der Waals surface area contributed by atoms with E-state index >= 15 is 0 Å². The van der Waals surface area contributed by atoms with Gasteiger partial charge in [0, 0.05) is 31.7 Å². The molecule has 0 aliphatic rings. The average molecular weight is 543 g/mol. The summed E-state index contributed by atoms with van der Waals surface area (Å²) in [6.07, 6.45) is 0. The molecule has 2 heteroatoms. The Hall–Kier alpha value is -4.53. The highest BCUT2D eigenvalue weighted by atomic mass is 32.2. The van der Waals surface area contributed by atoms with Crippen molar-refractivity contribution in [2.24, 2.45) is 0 Å². The molecule has 0 radical (unpaired) electrons. The molecule has 1 heterocycles. The third-order valence-electron chi connectivity index (χ3n) is 8.62. The Morgan fingerprint density at radius 3 is 1.61 bits per heavy atom. The number of rotatable bonds is 2. The van der Waals surface area contributed by atoms with Gasteiger partial charge in [0.1, 0.15) is 11.2 Å². The Labute approximate surface area is 241 Å². The summed E-state index contributed by atoms with van der Waals surface area (Å²) in [6.45, 7) is 4.53. The van der Waals surface area contributed by atoms with Crippen molar-refractivity contribution in [3.8, 4) is 0 Å². The van der Waals surface area contributed by atoms with Gasteiger partial charge in [0.2, 0.25) is 0 Å². The van der Waals surface area contributed by atoms with E-state index < -0.39 is 0 Å². The maximum absolute atomic E-state index is 6.80. The smallest absolute Gasteiger partial charge is 0.137 e. The number of fused-ring (bicyclic) bond motifs is 15. The van der Waals surface area contributed by atoms with Crippen LogP contribution in [0.2, 0.25) is 0 Å². The van der Waals surface area contributed by atoms with E-state index in [-0.39, 0.29) is 0 Å². The highest BCUT2D eigenvalue weighted by molar-refractivity contribution is 8.00. The summed E-state index contributed by atoms with van der Waals surface area (Å²) >= 11 is 1.91. The van der Waals surface area contributed by atoms with E-state index in [0.29, 0.717) is 5.25 Å². The van der Waals surface area contributed by atoms with Crippen molar-refractivity contribution >= 4 is 98.3 Å². The van der Waals surface area contributed by atoms with Gasteiger partial charge in [0.15, 0.2) is 0 Å². The van der Waals surface area contributed by atoms with Crippen LogP contribution in [0.5, 0.6) is 0 Å². The van der Waals surface area contributed by atoms with Gasteiger partial charge in [-0.15, -0.1) is 11.8 Å². The quantitative estimate of drug-likeness (QED) is 0.159. The molecule has 0 unspecified atom stereocenters. The predicted octanol–water partition coefficient (Wildman–Crippen LogP) is 12.0. The largest absolute Gasteiger partial charge is 0.456 e. The fraction of sp³-hybridized carbons (Fsp3) is 0.0769. The molecule has 41 heavy (non-hydrogen) atoms. The van der Waals surface area contributed by atoms with E-state index in [1.54, 1.807) is 0 Å². The van der Waals surface area contributed by atoms with Crippen molar-refractivity contribution in [3.05, 3.63) is 115 Å². The number of benzene rings is 8. The van der Waals surface area contributed by atoms with E-state index in [1.807, 2.05) is 11.8 Å². The topological polar surface area (TPSA) is 13.1 Å². The number of hydrogen-bond acceptors (Lipinski definition) is 2.